The van der Waals surface area contributed by atoms with Crippen molar-refractivity contribution < 1.29 is 4.21 Å². The lowest BCUT2D eigenvalue weighted by Gasteiger charge is -2.26. The van der Waals surface area contributed by atoms with E-state index in [1.165, 1.54) is 5.56 Å². The van der Waals surface area contributed by atoms with Crippen molar-refractivity contribution in [2.45, 2.75) is 51.3 Å². The third-order valence-electron chi connectivity index (χ3n) is 3.03. The second-order valence-corrected chi connectivity index (χ2v) is 8.07. The third-order valence-corrected chi connectivity index (χ3v) is 4.65. The van der Waals surface area contributed by atoms with Crippen LogP contribution in [0, 0.1) is 0 Å². The van der Waals surface area contributed by atoms with E-state index in [0.29, 0.717) is 12.5 Å². The molecule has 0 amide bonds. The van der Waals surface area contributed by atoms with Crippen molar-refractivity contribution in [3.05, 3.63) is 35.4 Å². The van der Waals surface area contributed by atoms with Crippen molar-refractivity contribution in [2.24, 2.45) is 5.73 Å². The molecule has 2 atom stereocenters. The third kappa shape index (κ3) is 4.41. The van der Waals surface area contributed by atoms with E-state index in [4.69, 9.17) is 5.73 Å². The summed E-state index contributed by atoms with van der Waals surface area (Å²) < 4.78 is 15.1. The molecule has 4 heteroatoms. The molecule has 0 aliphatic rings. The summed E-state index contributed by atoms with van der Waals surface area (Å²) in [5, 5.41) is 0. The van der Waals surface area contributed by atoms with E-state index in [2.05, 4.69) is 30.7 Å². The molecule has 1 rings (SSSR count). The van der Waals surface area contributed by atoms with Gasteiger partial charge in [0.25, 0.3) is 0 Å². The summed E-state index contributed by atoms with van der Waals surface area (Å²) in [7, 11) is -1.12. The minimum atomic E-state index is -1.12. The molecule has 0 bridgehead atoms. The van der Waals surface area contributed by atoms with Gasteiger partial charge in [0.15, 0.2) is 0 Å². The van der Waals surface area contributed by atoms with Crippen LogP contribution in [0.4, 0.5) is 0 Å². The fourth-order valence-electron chi connectivity index (χ4n) is 1.90. The lowest BCUT2D eigenvalue weighted by molar-refractivity contribution is 0.598. The van der Waals surface area contributed by atoms with Crippen LogP contribution < -0.4 is 10.5 Å². The first-order chi connectivity index (χ1) is 8.77. The van der Waals surface area contributed by atoms with Crippen LogP contribution in [0.1, 0.15) is 57.7 Å². The maximum atomic E-state index is 12.2. The molecule has 108 valence electrons. The SMILES string of the molecule is CC(C)c1ccccc1C(CN)NS(=O)C(C)(C)C. The van der Waals surface area contributed by atoms with Crippen molar-refractivity contribution in [2.75, 3.05) is 6.54 Å². The van der Waals surface area contributed by atoms with Crippen molar-refractivity contribution in [1.82, 2.24) is 4.72 Å². The zero-order chi connectivity index (χ0) is 14.6. The van der Waals surface area contributed by atoms with Gasteiger partial charge in [-0.2, -0.15) is 0 Å². The molecular weight excluding hydrogens is 256 g/mol. The molecule has 0 radical (unpaired) electrons. The van der Waals surface area contributed by atoms with Crippen LogP contribution in [-0.4, -0.2) is 15.5 Å². The van der Waals surface area contributed by atoms with Gasteiger partial charge >= 0.3 is 0 Å². The van der Waals surface area contributed by atoms with Gasteiger partial charge < -0.3 is 5.73 Å². The molecule has 0 heterocycles. The quantitative estimate of drug-likeness (QED) is 0.872. The highest BCUT2D eigenvalue weighted by atomic mass is 32.2. The summed E-state index contributed by atoms with van der Waals surface area (Å²) in [6.45, 7) is 10.6. The molecule has 1 aromatic rings. The van der Waals surface area contributed by atoms with E-state index < -0.39 is 11.0 Å². The number of nitrogens with one attached hydrogen (secondary N) is 1. The Balaban J connectivity index is 3.01. The Morgan fingerprint density at radius 1 is 1.21 bits per heavy atom. The predicted molar refractivity (Wildman–Crippen MR) is 83.4 cm³/mol. The summed E-state index contributed by atoms with van der Waals surface area (Å²) in [4.78, 5) is 0. The fraction of sp³-hybridized carbons (Fsp3) is 0.600. The average Bonchev–Trinajstić information content (AvgIpc) is 2.34. The molecule has 0 aromatic heterocycles. The summed E-state index contributed by atoms with van der Waals surface area (Å²) in [6.07, 6.45) is 0. The van der Waals surface area contributed by atoms with E-state index in [1.54, 1.807) is 0 Å². The van der Waals surface area contributed by atoms with Crippen LogP contribution in [0.15, 0.2) is 24.3 Å². The van der Waals surface area contributed by atoms with Crippen LogP contribution in [0.5, 0.6) is 0 Å². The second-order valence-electron chi connectivity index (χ2n) is 6.07. The predicted octanol–water partition coefficient (Wildman–Crippen LogP) is 2.86. The van der Waals surface area contributed by atoms with Crippen molar-refractivity contribution in [3.63, 3.8) is 0 Å². The number of benzene rings is 1. The lowest BCUT2D eigenvalue weighted by atomic mass is 9.93. The van der Waals surface area contributed by atoms with Crippen LogP contribution in [0.3, 0.4) is 0 Å². The molecule has 19 heavy (non-hydrogen) atoms. The summed E-state index contributed by atoms with van der Waals surface area (Å²) in [5.74, 6) is 0.426. The highest BCUT2D eigenvalue weighted by Gasteiger charge is 2.24. The Hall–Kier alpha value is -0.710. The van der Waals surface area contributed by atoms with Crippen molar-refractivity contribution >= 4 is 11.0 Å². The van der Waals surface area contributed by atoms with E-state index in [9.17, 15) is 4.21 Å². The van der Waals surface area contributed by atoms with E-state index in [-0.39, 0.29) is 10.8 Å². The van der Waals surface area contributed by atoms with Crippen LogP contribution in [0.2, 0.25) is 0 Å². The number of hydrogen-bond donors (Lipinski definition) is 2. The van der Waals surface area contributed by atoms with Crippen molar-refractivity contribution in [1.29, 1.82) is 0 Å². The summed E-state index contributed by atoms with van der Waals surface area (Å²) in [5.41, 5.74) is 8.28. The molecule has 0 aliphatic heterocycles. The van der Waals surface area contributed by atoms with Gasteiger partial charge in [0.2, 0.25) is 0 Å². The zero-order valence-corrected chi connectivity index (χ0v) is 13.4. The van der Waals surface area contributed by atoms with Gasteiger partial charge in [-0.25, -0.2) is 8.93 Å². The van der Waals surface area contributed by atoms with Gasteiger partial charge in [0.1, 0.15) is 0 Å². The Morgan fingerprint density at radius 3 is 2.16 bits per heavy atom. The normalized spacial score (nSPS) is 15.5. The first-order valence-corrected chi connectivity index (χ1v) is 7.89. The molecule has 1 aromatic carbocycles. The van der Waals surface area contributed by atoms with Crippen LogP contribution in [0.25, 0.3) is 0 Å². The highest BCUT2D eigenvalue weighted by Crippen LogP contribution is 2.25. The Bertz CT molecular complexity index is 438. The summed E-state index contributed by atoms with van der Waals surface area (Å²) >= 11 is 0. The lowest BCUT2D eigenvalue weighted by Crippen LogP contribution is -2.38. The van der Waals surface area contributed by atoms with Gasteiger partial charge in [-0.1, -0.05) is 38.1 Å². The van der Waals surface area contributed by atoms with Gasteiger partial charge in [-0.3, -0.25) is 0 Å². The Kier molecular flexibility index (Phi) is 5.71. The van der Waals surface area contributed by atoms with Crippen molar-refractivity contribution in [3.8, 4) is 0 Å². The van der Waals surface area contributed by atoms with Gasteiger partial charge in [0.05, 0.1) is 21.8 Å². The first kappa shape index (κ1) is 16.3. The molecule has 3 nitrogen and oxygen atoms in total. The molecule has 0 saturated carbocycles. The minimum Gasteiger partial charge on any atom is -0.329 e. The average molecular weight is 282 g/mol. The number of nitrogens with two attached hydrogens (primary N) is 1. The van der Waals surface area contributed by atoms with Gasteiger partial charge in [0, 0.05) is 6.54 Å². The topological polar surface area (TPSA) is 55.1 Å². The molecule has 3 N–H and O–H groups in total. The summed E-state index contributed by atoms with van der Waals surface area (Å²) in [6, 6.07) is 8.15. The Labute approximate surface area is 119 Å². The molecule has 2 unspecified atom stereocenters. The maximum absolute atomic E-state index is 12.2. The molecular formula is C15H26N2OS. The molecule has 0 saturated heterocycles. The van der Waals surface area contributed by atoms with Crippen LogP contribution >= 0.6 is 0 Å². The molecule has 0 spiro atoms. The first-order valence-electron chi connectivity index (χ1n) is 6.74. The van der Waals surface area contributed by atoms with Gasteiger partial charge in [-0.05, 0) is 37.8 Å². The fourth-order valence-corrected chi connectivity index (χ4v) is 2.73. The zero-order valence-electron chi connectivity index (χ0n) is 12.6. The smallest absolute Gasteiger partial charge is 0.0976 e. The maximum Gasteiger partial charge on any atom is 0.0976 e. The number of rotatable bonds is 5. The minimum absolute atomic E-state index is 0.0707. The largest absolute Gasteiger partial charge is 0.329 e. The Morgan fingerprint density at radius 2 is 1.74 bits per heavy atom. The highest BCUT2D eigenvalue weighted by molar-refractivity contribution is 7.84. The van der Waals surface area contributed by atoms with Gasteiger partial charge in [-0.15, -0.1) is 0 Å². The standard InChI is InChI=1S/C15H26N2OS/c1-11(2)12-8-6-7-9-13(12)14(10-16)17-19(18)15(3,4)5/h6-9,11,14,17H,10,16H2,1-5H3. The van der Waals surface area contributed by atoms with E-state index >= 15 is 0 Å². The van der Waals surface area contributed by atoms with E-state index in [0.717, 1.165) is 5.56 Å². The number of hydrogen-bond acceptors (Lipinski definition) is 2. The van der Waals surface area contributed by atoms with Crippen LogP contribution in [-0.2, 0) is 11.0 Å². The molecule has 0 fully saturated rings. The molecule has 0 aliphatic carbocycles. The monoisotopic (exact) mass is 282 g/mol. The second kappa shape index (κ2) is 6.64. The van der Waals surface area contributed by atoms with E-state index in [1.807, 2.05) is 32.9 Å².